The van der Waals surface area contributed by atoms with Crippen LogP contribution in [0.25, 0.3) is 11.0 Å². The zero-order valence-corrected chi connectivity index (χ0v) is 9.76. The summed E-state index contributed by atoms with van der Waals surface area (Å²) in [6.45, 7) is 3.89. The van der Waals surface area contributed by atoms with Crippen LogP contribution in [0.5, 0.6) is 0 Å². The molecule has 4 heterocycles. The van der Waals surface area contributed by atoms with E-state index >= 15 is 0 Å². The molecule has 0 atom stereocenters. The number of piperidine rings is 2. The number of imidazole rings is 1. The quantitative estimate of drug-likeness (QED) is 0.814. The van der Waals surface area contributed by atoms with E-state index in [-0.39, 0.29) is 5.91 Å². The van der Waals surface area contributed by atoms with Crippen molar-refractivity contribution in [3.05, 3.63) is 37.1 Å². The summed E-state index contributed by atoms with van der Waals surface area (Å²) in [5.74, 6) is 0.438. The van der Waals surface area contributed by atoms with Crippen LogP contribution in [0.2, 0.25) is 0 Å². The average molecular weight is 240 g/mol. The Labute approximate surface area is 104 Å². The Morgan fingerprint density at radius 1 is 1.50 bits per heavy atom. The first-order valence-corrected chi connectivity index (χ1v) is 5.98. The van der Waals surface area contributed by atoms with E-state index in [9.17, 15) is 4.79 Å². The molecule has 5 nitrogen and oxygen atoms in total. The number of pyridine rings is 1. The molecule has 1 saturated carbocycles. The molecule has 5 heteroatoms. The van der Waals surface area contributed by atoms with Crippen molar-refractivity contribution in [2.24, 2.45) is 5.92 Å². The largest absolute Gasteiger partial charge is 0.328 e. The van der Waals surface area contributed by atoms with Crippen molar-refractivity contribution in [1.29, 1.82) is 0 Å². The van der Waals surface area contributed by atoms with Gasteiger partial charge in [-0.1, -0.05) is 6.58 Å². The number of nitrogens with one attached hydrogen (secondary N) is 1. The fraction of sp³-hybridized carbons (Fsp3) is 0.308. The summed E-state index contributed by atoms with van der Waals surface area (Å²) in [6.07, 6.45) is 6.85. The normalized spacial score (nSPS) is 30.1. The van der Waals surface area contributed by atoms with Crippen molar-refractivity contribution >= 4 is 16.9 Å². The van der Waals surface area contributed by atoms with Gasteiger partial charge in [-0.2, -0.15) is 0 Å². The number of rotatable bonds is 1. The van der Waals surface area contributed by atoms with Crippen LogP contribution < -0.4 is 5.32 Å². The van der Waals surface area contributed by atoms with Crippen LogP contribution in [0, 0.1) is 5.92 Å². The van der Waals surface area contributed by atoms with Crippen LogP contribution in [-0.4, -0.2) is 20.4 Å². The lowest BCUT2D eigenvalue weighted by Crippen LogP contribution is -2.62. The van der Waals surface area contributed by atoms with Gasteiger partial charge in [-0.3, -0.25) is 9.78 Å². The fourth-order valence-electron chi connectivity index (χ4n) is 3.06. The van der Waals surface area contributed by atoms with E-state index in [1.54, 1.807) is 18.7 Å². The molecule has 90 valence electrons. The number of allylic oxidation sites excluding steroid dienone is 1. The molecule has 5 rings (SSSR count). The Hall–Kier alpha value is -2.17. The number of aromatic nitrogens is 3. The van der Waals surface area contributed by atoms with Gasteiger partial charge in [-0.15, -0.1) is 0 Å². The molecule has 2 aromatic heterocycles. The predicted molar refractivity (Wildman–Crippen MR) is 65.5 cm³/mol. The van der Waals surface area contributed by atoms with E-state index in [1.165, 1.54) is 0 Å². The first kappa shape index (κ1) is 9.82. The van der Waals surface area contributed by atoms with E-state index in [0.29, 0.717) is 5.92 Å². The van der Waals surface area contributed by atoms with Gasteiger partial charge in [0, 0.05) is 17.8 Å². The summed E-state index contributed by atoms with van der Waals surface area (Å²) >= 11 is 0. The van der Waals surface area contributed by atoms with E-state index in [4.69, 9.17) is 0 Å². The van der Waals surface area contributed by atoms with Gasteiger partial charge in [0.2, 0.25) is 5.91 Å². The van der Waals surface area contributed by atoms with E-state index in [2.05, 4.69) is 21.9 Å². The lowest BCUT2D eigenvalue weighted by molar-refractivity contribution is -0.140. The third-order valence-corrected chi connectivity index (χ3v) is 4.17. The minimum Gasteiger partial charge on any atom is -0.328 e. The summed E-state index contributed by atoms with van der Waals surface area (Å²) in [5, 5.41) is 2.87. The van der Waals surface area contributed by atoms with Crippen LogP contribution in [0.1, 0.15) is 12.8 Å². The summed E-state index contributed by atoms with van der Waals surface area (Å²) in [7, 11) is 0. The van der Waals surface area contributed by atoms with Crippen molar-refractivity contribution in [3.8, 4) is 0 Å². The fourth-order valence-corrected chi connectivity index (χ4v) is 3.06. The third-order valence-electron chi connectivity index (χ3n) is 4.17. The average Bonchev–Trinajstić information content (AvgIpc) is 2.71. The Bertz CT molecular complexity index is 681. The van der Waals surface area contributed by atoms with Gasteiger partial charge >= 0.3 is 0 Å². The predicted octanol–water partition coefficient (Wildman–Crippen LogP) is 1.18. The van der Waals surface area contributed by atoms with E-state index < -0.39 is 5.54 Å². The molecule has 2 aromatic rings. The Morgan fingerprint density at radius 2 is 2.33 bits per heavy atom. The highest BCUT2D eigenvalue weighted by molar-refractivity contribution is 5.91. The van der Waals surface area contributed by atoms with Crippen molar-refractivity contribution in [1.82, 2.24) is 19.9 Å². The third kappa shape index (κ3) is 0.995. The van der Waals surface area contributed by atoms with Gasteiger partial charge in [0.05, 0.1) is 18.0 Å². The van der Waals surface area contributed by atoms with Crippen molar-refractivity contribution in [2.75, 3.05) is 0 Å². The summed E-state index contributed by atoms with van der Waals surface area (Å²) in [5.41, 5.74) is 2.17. The summed E-state index contributed by atoms with van der Waals surface area (Å²) < 4.78 is 1.99. The Kier molecular flexibility index (Phi) is 1.63. The van der Waals surface area contributed by atoms with Gasteiger partial charge in [0.1, 0.15) is 11.1 Å². The lowest BCUT2D eigenvalue weighted by atomic mass is 9.63. The van der Waals surface area contributed by atoms with Gasteiger partial charge in [0.15, 0.2) is 0 Å². The minimum absolute atomic E-state index is 0.0334. The Balaban J connectivity index is 1.89. The van der Waals surface area contributed by atoms with Gasteiger partial charge in [0.25, 0.3) is 0 Å². The smallest absolute Gasteiger partial charge is 0.250 e. The molecular weight excluding hydrogens is 228 g/mol. The van der Waals surface area contributed by atoms with Crippen molar-refractivity contribution in [3.63, 3.8) is 0 Å². The first-order chi connectivity index (χ1) is 8.71. The summed E-state index contributed by atoms with van der Waals surface area (Å²) in [4.78, 5) is 20.6. The zero-order valence-electron chi connectivity index (χ0n) is 9.76. The van der Waals surface area contributed by atoms with Crippen LogP contribution in [0.4, 0.5) is 0 Å². The topological polar surface area (TPSA) is 59.8 Å². The highest BCUT2D eigenvalue weighted by atomic mass is 16.2. The maximum atomic E-state index is 12.3. The second-order valence-electron chi connectivity index (χ2n) is 5.10. The SMILES string of the molecule is C=C1NC(=O)C2(n3cnc4cnccc43)CC1C2. The van der Waals surface area contributed by atoms with Crippen LogP contribution in [0.3, 0.4) is 0 Å². The first-order valence-electron chi connectivity index (χ1n) is 5.98. The van der Waals surface area contributed by atoms with Crippen molar-refractivity contribution in [2.45, 2.75) is 18.4 Å². The molecule has 1 amide bonds. The molecule has 2 bridgehead atoms. The summed E-state index contributed by atoms with van der Waals surface area (Å²) in [6, 6.07) is 1.90. The lowest BCUT2D eigenvalue weighted by Gasteiger charge is -2.52. The highest BCUT2D eigenvalue weighted by Crippen LogP contribution is 2.51. The molecular formula is C13H12N4O. The second kappa shape index (κ2) is 2.98. The molecule has 0 spiro atoms. The molecule has 18 heavy (non-hydrogen) atoms. The van der Waals surface area contributed by atoms with Crippen LogP contribution >= 0.6 is 0 Å². The minimum atomic E-state index is -0.470. The maximum Gasteiger partial charge on any atom is 0.250 e. The second-order valence-corrected chi connectivity index (χ2v) is 5.10. The molecule has 3 aliphatic rings. The highest BCUT2D eigenvalue weighted by Gasteiger charge is 2.56. The van der Waals surface area contributed by atoms with Gasteiger partial charge < -0.3 is 9.88 Å². The molecule has 1 N–H and O–H groups in total. The number of fused-ring (bicyclic) bond motifs is 3. The number of amides is 1. The zero-order chi connectivity index (χ0) is 12.3. The molecule has 2 saturated heterocycles. The maximum absolute atomic E-state index is 12.3. The number of carbonyl (C=O) groups is 1. The van der Waals surface area contributed by atoms with E-state index in [0.717, 1.165) is 29.6 Å². The number of hydrogen-bond acceptors (Lipinski definition) is 3. The van der Waals surface area contributed by atoms with Crippen LogP contribution in [0.15, 0.2) is 37.1 Å². The van der Waals surface area contributed by atoms with E-state index in [1.807, 2.05) is 10.6 Å². The standard InChI is InChI=1S/C13H12N4O/c1-8-9-4-13(5-9,12(18)16-8)17-7-15-10-6-14-3-2-11(10)17/h2-3,6-7,9H,1,4-5H2,(H,16,18). The van der Waals surface area contributed by atoms with Gasteiger partial charge in [-0.25, -0.2) is 4.98 Å². The molecule has 0 unspecified atom stereocenters. The number of hydrogen-bond donors (Lipinski definition) is 1. The Morgan fingerprint density at radius 3 is 3.11 bits per heavy atom. The number of nitrogens with zero attached hydrogens (tertiary/aromatic N) is 3. The molecule has 0 aromatic carbocycles. The molecule has 1 aliphatic carbocycles. The van der Waals surface area contributed by atoms with Crippen LogP contribution in [-0.2, 0) is 10.3 Å². The number of carbonyl (C=O) groups excluding carboxylic acids is 1. The molecule has 2 aliphatic heterocycles. The molecule has 3 fully saturated rings. The van der Waals surface area contributed by atoms with Crippen molar-refractivity contribution < 1.29 is 4.79 Å². The molecule has 0 radical (unpaired) electrons. The van der Waals surface area contributed by atoms with Gasteiger partial charge in [-0.05, 0) is 18.9 Å². The monoisotopic (exact) mass is 240 g/mol.